The molecule has 1 aliphatic rings. The fourth-order valence-electron chi connectivity index (χ4n) is 3.52. The van der Waals surface area contributed by atoms with Crippen LogP contribution in [0.15, 0.2) is 71.9 Å². The summed E-state index contributed by atoms with van der Waals surface area (Å²) in [4.78, 5) is 0. The van der Waals surface area contributed by atoms with Crippen molar-refractivity contribution >= 4 is 18.7 Å². The van der Waals surface area contributed by atoms with Gasteiger partial charge in [0.1, 0.15) is 0 Å². The quantitative estimate of drug-likeness (QED) is 0.763. The average Bonchev–Trinajstić information content (AvgIpc) is 2.62. The van der Waals surface area contributed by atoms with Gasteiger partial charge in [-0.1, -0.05) is 71.9 Å². The van der Waals surface area contributed by atoms with E-state index in [1.54, 1.807) is 5.20 Å². The Balaban J connectivity index is 2.21. The summed E-state index contributed by atoms with van der Waals surface area (Å²) in [5.74, 6) is 0. The van der Waals surface area contributed by atoms with Crippen LogP contribution in [0, 0.1) is 0 Å². The van der Waals surface area contributed by atoms with Crippen molar-refractivity contribution in [3.05, 3.63) is 71.9 Å². The zero-order valence-electron chi connectivity index (χ0n) is 13.3. The smallest absolute Gasteiger partial charge is 0.283 e. The third-order valence-electron chi connectivity index (χ3n) is 4.46. The molecule has 1 nitrogen and oxygen atoms in total. The highest BCUT2D eigenvalue weighted by Crippen LogP contribution is 2.27. The first-order valence-corrected chi connectivity index (χ1v) is 10.2. The standard InChI is InChI=1S/C20H24OSi/c1-2-21-22(18-12-6-3-7-13-18,19-14-8-4-9-15-19)20-16-10-5-11-17-20/h3-4,6-9,12-16H,2,5,10-11,17H2,1H3. The van der Waals surface area contributed by atoms with Gasteiger partial charge in [-0.3, -0.25) is 0 Å². The van der Waals surface area contributed by atoms with Gasteiger partial charge in [0, 0.05) is 6.61 Å². The second-order valence-electron chi connectivity index (χ2n) is 5.82. The van der Waals surface area contributed by atoms with Crippen LogP contribution < -0.4 is 10.4 Å². The largest absolute Gasteiger partial charge is 0.405 e. The molecule has 2 aromatic carbocycles. The van der Waals surface area contributed by atoms with Crippen LogP contribution in [-0.2, 0) is 4.43 Å². The van der Waals surface area contributed by atoms with Crippen LogP contribution in [0.2, 0.25) is 0 Å². The minimum Gasteiger partial charge on any atom is -0.405 e. The van der Waals surface area contributed by atoms with E-state index in [1.807, 2.05) is 0 Å². The molecule has 0 fully saturated rings. The van der Waals surface area contributed by atoms with Gasteiger partial charge in [-0.2, -0.15) is 0 Å². The van der Waals surface area contributed by atoms with Crippen LogP contribution in [0.3, 0.4) is 0 Å². The first kappa shape index (κ1) is 15.3. The molecule has 0 saturated heterocycles. The average molecular weight is 308 g/mol. The van der Waals surface area contributed by atoms with Crippen molar-refractivity contribution in [3.8, 4) is 0 Å². The minimum atomic E-state index is -2.29. The molecule has 0 unspecified atom stereocenters. The van der Waals surface area contributed by atoms with Gasteiger partial charge in [0.05, 0.1) is 0 Å². The van der Waals surface area contributed by atoms with Gasteiger partial charge in [0.15, 0.2) is 0 Å². The molecule has 3 rings (SSSR count). The maximum Gasteiger partial charge on any atom is 0.283 e. The molecule has 0 heterocycles. The Morgan fingerprint density at radius 1 is 0.864 bits per heavy atom. The minimum absolute atomic E-state index is 0.757. The lowest BCUT2D eigenvalue weighted by Crippen LogP contribution is -2.62. The van der Waals surface area contributed by atoms with E-state index in [0.29, 0.717) is 0 Å². The highest BCUT2D eigenvalue weighted by molar-refractivity contribution is 7.02. The summed E-state index contributed by atoms with van der Waals surface area (Å²) in [6, 6.07) is 21.8. The highest BCUT2D eigenvalue weighted by atomic mass is 28.4. The SMILES string of the molecule is CCO[Si](C1=CCCCC1)(c1ccccc1)c1ccccc1. The number of allylic oxidation sites excluding steroid dienone is 2. The van der Waals surface area contributed by atoms with Crippen molar-refractivity contribution in [1.29, 1.82) is 0 Å². The molecule has 0 aliphatic heterocycles. The van der Waals surface area contributed by atoms with Gasteiger partial charge >= 0.3 is 0 Å². The van der Waals surface area contributed by atoms with Crippen molar-refractivity contribution < 1.29 is 4.43 Å². The Hall–Kier alpha value is -1.64. The maximum absolute atomic E-state index is 6.61. The predicted octanol–water partition coefficient (Wildman–Crippen LogP) is 3.82. The Morgan fingerprint density at radius 2 is 1.45 bits per heavy atom. The van der Waals surface area contributed by atoms with Gasteiger partial charge < -0.3 is 4.43 Å². The Morgan fingerprint density at radius 3 is 1.91 bits per heavy atom. The van der Waals surface area contributed by atoms with Crippen molar-refractivity contribution in [2.75, 3.05) is 6.61 Å². The van der Waals surface area contributed by atoms with Crippen LogP contribution in [0.1, 0.15) is 32.6 Å². The van der Waals surface area contributed by atoms with Crippen molar-refractivity contribution in [3.63, 3.8) is 0 Å². The zero-order chi connectivity index (χ0) is 15.3. The molecule has 0 amide bonds. The lowest BCUT2D eigenvalue weighted by molar-refractivity contribution is 0.342. The summed E-state index contributed by atoms with van der Waals surface area (Å²) in [6.07, 6.45) is 7.43. The summed E-state index contributed by atoms with van der Waals surface area (Å²) < 4.78 is 6.61. The monoisotopic (exact) mass is 308 g/mol. The summed E-state index contributed by atoms with van der Waals surface area (Å²) >= 11 is 0. The number of hydrogen-bond acceptors (Lipinski definition) is 1. The van der Waals surface area contributed by atoms with Crippen LogP contribution in [0.5, 0.6) is 0 Å². The van der Waals surface area contributed by atoms with E-state index in [4.69, 9.17) is 4.43 Å². The van der Waals surface area contributed by atoms with E-state index in [-0.39, 0.29) is 0 Å². The topological polar surface area (TPSA) is 9.23 Å². The van der Waals surface area contributed by atoms with E-state index < -0.39 is 8.32 Å². The molecule has 0 radical (unpaired) electrons. The van der Waals surface area contributed by atoms with E-state index in [1.165, 1.54) is 36.1 Å². The summed E-state index contributed by atoms with van der Waals surface area (Å²) in [7, 11) is -2.29. The van der Waals surface area contributed by atoms with E-state index in [9.17, 15) is 0 Å². The number of rotatable bonds is 5. The molecule has 1 aliphatic carbocycles. The van der Waals surface area contributed by atoms with Gasteiger partial charge in [0.2, 0.25) is 0 Å². The highest BCUT2D eigenvalue weighted by Gasteiger charge is 2.43. The summed E-state index contributed by atoms with van der Waals surface area (Å²) in [6.45, 7) is 2.88. The number of hydrogen-bond donors (Lipinski definition) is 0. The van der Waals surface area contributed by atoms with Crippen molar-refractivity contribution in [2.45, 2.75) is 32.6 Å². The normalized spacial score (nSPS) is 15.4. The first-order valence-electron chi connectivity index (χ1n) is 8.32. The zero-order valence-corrected chi connectivity index (χ0v) is 14.3. The lowest BCUT2D eigenvalue weighted by atomic mass is 10.1. The molecule has 0 atom stereocenters. The summed E-state index contributed by atoms with van der Waals surface area (Å²) in [5.41, 5.74) is 0. The molecular formula is C20H24OSi. The van der Waals surface area contributed by atoms with Gasteiger partial charge in [-0.05, 0) is 43.0 Å². The molecule has 2 heteroatoms. The molecule has 0 N–H and O–H groups in total. The van der Waals surface area contributed by atoms with Crippen LogP contribution >= 0.6 is 0 Å². The molecule has 0 spiro atoms. The van der Waals surface area contributed by atoms with Gasteiger partial charge in [0.25, 0.3) is 8.32 Å². The fourth-order valence-corrected chi connectivity index (χ4v) is 7.83. The lowest BCUT2D eigenvalue weighted by Gasteiger charge is -2.36. The third kappa shape index (κ3) is 2.81. The third-order valence-corrected chi connectivity index (χ3v) is 8.84. The van der Waals surface area contributed by atoms with Crippen LogP contribution in [0.4, 0.5) is 0 Å². The first-order chi connectivity index (χ1) is 10.9. The van der Waals surface area contributed by atoms with Crippen molar-refractivity contribution in [2.24, 2.45) is 0 Å². The second-order valence-corrected chi connectivity index (χ2v) is 9.27. The fraction of sp³-hybridized carbons (Fsp3) is 0.300. The Bertz CT molecular complexity index is 579. The predicted molar refractivity (Wildman–Crippen MR) is 96.1 cm³/mol. The molecular weight excluding hydrogens is 284 g/mol. The van der Waals surface area contributed by atoms with Crippen LogP contribution in [-0.4, -0.2) is 14.9 Å². The number of benzene rings is 2. The van der Waals surface area contributed by atoms with Crippen molar-refractivity contribution in [1.82, 2.24) is 0 Å². The van der Waals surface area contributed by atoms with Gasteiger partial charge in [-0.15, -0.1) is 0 Å². The van der Waals surface area contributed by atoms with E-state index >= 15 is 0 Å². The van der Waals surface area contributed by atoms with E-state index in [0.717, 1.165) is 6.61 Å². The molecule has 0 bridgehead atoms. The van der Waals surface area contributed by atoms with Crippen LogP contribution in [0.25, 0.3) is 0 Å². The molecule has 2 aromatic rings. The van der Waals surface area contributed by atoms with E-state index in [2.05, 4.69) is 73.7 Å². The molecule has 114 valence electrons. The molecule has 0 saturated carbocycles. The maximum atomic E-state index is 6.61. The van der Waals surface area contributed by atoms with Gasteiger partial charge in [-0.25, -0.2) is 0 Å². The Labute approximate surface area is 134 Å². The molecule has 0 aromatic heterocycles. The second kappa shape index (κ2) is 7.08. The summed E-state index contributed by atoms with van der Waals surface area (Å²) in [5, 5.41) is 4.30. The Kier molecular flexibility index (Phi) is 4.91. The molecule has 22 heavy (non-hydrogen) atoms.